The molecule has 1 unspecified atom stereocenters. The van der Waals surface area contributed by atoms with Gasteiger partial charge in [0, 0.05) is 18.0 Å². The molecule has 2 aromatic heterocycles. The second-order valence-corrected chi connectivity index (χ2v) is 3.91. The Morgan fingerprint density at radius 2 is 2.18 bits per heavy atom. The summed E-state index contributed by atoms with van der Waals surface area (Å²) in [6.07, 6.45) is 1.46. The zero-order valence-electron chi connectivity index (χ0n) is 10.00. The molecule has 2 heterocycles. The molecule has 0 aromatic carbocycles. The van der Waals surface area contributed by atoms with Crippen LogP contribution >= 0.6 is 0 Å². The molecule has 0 aliphatic heterocycles. The molecule has 0 saturated carbocycles. The molecule has 0 radical (unpaired) electrons. The van der Waals surface area contributed by atoms with E-state index >= 15 is 0 Å². The molecule has 1 N–H and O–H groups in total. The molecule has 0 aliphatic carbocycles. The standard InChI is InChI=1S/C13H16N2O2/c1-10(16)12-6-4-8-15(12)9-11-5-3-7-13(14-11)17-2/h3-8,10,16H,9H2,1-2H3. The van der Waals surface area contributed by atoms with E-state index in [1.165, 1.54) is 0 Å². The molecule has 17 heavy (non-hydrogen) atoms. The van der Waals surface area contributed by atoms with Gasteiger partial charge in [-0.25, -0.2) is 4.98 Å². The van der Waals surface area contributed by atoms with Gasteiger partial charge in [0.15, 0.2) is 0 Å². The largest absolute Gasteiger partial charge is 0.481 e. The van der Waals surface area contributed by atoms with E-state index in [1.807, 2.05) is 41.1 Å². The van der Waals surface area contributed by atoms with Crippen molar-refractivity contribution in [1.82, 2.24) is 9.55 Å². The Hall–Kier alpha value is -1.81. The predicted molar refractivity (Wildman–Crippen MR) is 65.0 cm³/mol. The maximum atomic E-state index is 9.61. The average Bonchev–Trinajstić information content (AvgIpc) is 2.77. The van der Waals surface area contributed by atoms with Crippen molar-refractivity contribution in [3.63, 3.8) is 0 Å². The lowest BCUT2D eigenvalue weighted by atomic mass is 10.3. The van der Waals surface area contributed by atoms with Gasteiger partial charge >= 0.3 is 0 Å². The van der Waals surface area contributed by atoms with Gasteiger partial charge in [-0.2, -0.15) is 0 Å². The summed E-state index contributed by atoms with van der Waals surface area (Å²) in [6.45, 7) is 2.38. The van der Waals surface area contributed by atoms with E-state index in [0.717, 1.165) is 11.4 Å². The van der Waals surface area contributed by atoms with Crippen molar-refractivity contribution in [2.45, 2.75) is 19.6 Å². The molecule has 0 aliphatic rings. The number of pyridine rings is 1. The van der Waals surface area contributed by atoms with Crippen LogP contribution in [-0.4, -0.2) is 21.8 Å². The molecule has 0 spiro atoms. The molecule has 1 atom stereocenters. The molecule has 0 amide bonds. The van der Waals surface area contributed by atoms with Crippen LogP contribution in [0.1, 0.15) is 24.4 Å². The van der Waals surface area contributed by atoms with Crippen molar-refractivity contribution in [2.75, 3.05) is 7.11 Å². The number of nitrogens with zero attached hydrogens (tertiary/aromatic N) is 2. The minimum Gasteiger partial charge on any atom is -0.481 e. The Labute approximate surface area is 100 Å². The van der Waals surface area contributed by atoms with E-state index < -0.39 is 6.10 Å². The first-order valence-corrected chi connectivity index (χ1v) is 5.53. The Kier molecular flexibility index (Phi) is 3.44. The van der Waals surface area contributed by atoms with Crippen LogP contribution in [0.4, 0.5) is 0 Å². The van der Waals surface area contributed by atoms with E-state index in [-0.39, 0.29) is 0 Å². The van der Waals surface area contributed by atoms with Gasteiger partial charge in [-0.15, -0.1) is 0 Å². The molecular formula is C13H16N2O2. The van der Waals surface area contributed by atoms with Gasteiger partial charge in [-0.05, 0) is 25.1 Å². The highest BCUT2D eigenvalue weighted by Gasteiger charge is 2.07. The molecule has 4 nitrogen and oxygen atoms in total. The number of hydrogen-bond donors (Lipinski definition) is 1. The highest BCUT2D eigenvalue weighted by molar-refractivity contribution is 5.18. The molecule has 0 bridgehead atoms. The van der Waals surface area contributed by atoms with Crippen molar-refractivity contribution < 1.29 is 9.84 Å². The van der Waals surface area contributed by atoms with Crippen LogP contribution in [-0.2, 0) is 6.54 Å². The fraction of sp³-hybridized carbons (Fsp3) is 0.308. The topological polar surface area (TPSA) is 47.3 Å². The molecule has 2 rings (SSSR count). The third-order valence-electron chi connectivity index (χ3n) is 2.62. The maximum Gasteiger partial charge on any atom is 0.213 e. The quantitative estimate of drug-likeness (QED) is 0.877. The number of aliphatic hydroxyl groups is 1. The van der Waals surface area contributed by atoms with Crippen molar-refractivity contribution in [3.8, 4) is 5.88 Å². The smallest absolute Gasteiger partial charge is 0.213 e. The Morgan fingerprint density at radius 1 is 1.35 bits per heavy atom. The fourth-order valence-corrected chi connectivity index (χ4v) is 1.78. The number of aliphatic hydroxyl groups excluding tert-OH is 1. The second-order valence-electron chi connectivity index (χ2n) is 3.91. The van der Waals surface area contributed by atoms with Gasteiger partial charge in [0.2, 0.25) is 5.88 Å². The average molecular weight is 232 g/mol. The first-order chi connectivity index (χ1) is 8.20. The van der Waals surface area contributed by atoms with E-state index in [2.05, 4.69) is 4.98 Å². The maximum absolute atomic E-state index is 9.61. The monoisotopic (exact) mass is 232 g/mol. The first kappa shape index (κ1) is 11.7. The molecule has 90 valence electrons. The fourth-order valence-electron chi connectivity index (χ4n) is 1.78. The molecule has 2 aromatic rings. The van der Waals surface area contributed by atoms with Crippen LogP contribution in [0.5, 0.6) is 5.88 Å². The van der Waals surface area contributed by atoms with Crippen molar-refractivity contribution in [1.29, 1.82) is 0 Å². The highest BCUT2D eigenvalue weighted by Crippen LogP contribution is 2.15. The Morgan fingerprint density at radius 3 is 2.88 bits per heavy atom. The van der Waals surface area contributed by atoms with Crippen molar-refractivity contribution >= 4 is 0 Å². The predicted octanol–water partition coefficient (Wildman–Crippen LogP) is 1.99. The molecule has 4 heteroatoms. The van der Waals surface area contributed by atoms with Gasteiger partial charge in [0.25, 0.3) is 0 Å². The minimum absolute atomic E-state index is 0.476. The number of aromatic nitrogens is 2. The first-order valence-electron chi connectivity index (χ1n) is 5.53. The summed E-state index contributed by atoms with van der Waals surface area (Å²) >= 11 is 0. The molecule has 0 saturated heterocycles. The molecule has 0 fully saturated rings. The Balaban J connectivity index is 2.22. The number of methoxy groups -OCH3 is 1. The normalized spacial score (nSPS) is 12.4. The summed E-state index contributed by atoms with van der Waals surface area (Å²) in [6, 6.07) is 9.49. The van der Waals surface area contributed by atoms with Crippen molar-refractivity contribution in [2.24, 2.45) is 0 Å². The van der Waals surface area contributed by atoms with Gasteiger partial charge in [0.1, 0.15) is 0 Å². The summed E-state index contributed by atoms with van der Waals surface area (Å²) in [4.78, 5) is 4.34. The van der Waals surface area contributed by atoms with Crippen LogP contribution in [0, 0.1) is 0 Å². The van der Waals surface area contributed by atoms with Crippen LogP contribution in [0.3, 0.4) is 0 Å². The van der Waals surface area contributed by atoms with Crippen LogP contribution < -0.4 is 4.74 Å². The van der Waals surface area contributed by atoms with E-state index in [1.54, 1.807) is 14.0 Å². The zero-order chi connectivity index (χ0) is 12.3. The minimum atomic E-state index is -0.476. The van der Waals surface area contributed by atoms with Crippen LogP contribution in [0.15, 0.2) is 36.5 Å². The van der Waals surface area contributed by atoms with E-state index in [9.17, 15) is 5.11 Å². The van der Waals surface area contributed by atoms with Crippen LogP contribution in [0.2, 0.25) is 0 Å². The highest BCUT2D eigenvalue weighted by atomic mass is 16.5. The summed E-state index contributed by atoms with van der Waals surface area (Å²) in [7, 11) is 1.60. The van der Waals surface area contributed by atoms with Gasteiger partial charge in [0.05, 0.1) is 25.5 Å². The SMILES string of the molecule is COc1cccc(Cn2cccc2C(C)O)n1. The second kappa shape index (κ2) is 5.01. The third kappa shape index (κ3) is 2.65. The molecular weight excluding hydrogens is 216 g/mol. The Bertz CT molecular complexity index is 492. The van der Waals surface area contributed by atoms with Crippen molar-refractivity contribution in [3.05, 3.63) is 47.9 Å². The van der Waals surface area contributed by atoms with E-state index in [4.69, 9.17) is 4.74 Å². The van der Waals surface area contributed by atoms with Gasteiger partial charge < -0.3 is 14.4 Å². The number of rotatable bonds is 4. The lowest BCUT2D eigenvalue weighted by Crippen LogP contribution is -2.07. The zero-order valence-corrected chi connectivity index (χ0v) is 10.00. The summed E-state index contributed by atoms with van der Waals surface area (Å²) in [5, 5.41) is 9.61. The lowest BCUT2D eigenvalue weighted by molar-refractivity contribution is 0.189. The summed E-state index contributed by atoms with van der Waals surface area (Å²) in [5.41, 5.74) is 1.79. The van der Waals surface area contributed by atoms with Gasteiger partial charge in [-0.3, -0.25) is 0 Å². The number of hydrogen-bond acceptors (Lipinski definition) is 3. The summed E-state index contributed by atoms with van der Waals surface area (Å²) in [5.74, 6) is 0.605. The van der Waals surface area contributed by atoms with E-state index in [0.29, 0.717) is 12.4 Å². The summed E-state index contributed by atoms with van der Waals surface area (Å²) < 4.78 is 7.06. The van der Waals surface area contributed by atoms with Crippen LogP contribution in [0.25, 0.3) is 0 Å². The third-order valence-corrected chi connectivity index (χ3v) is 2.62. The lowest BCUT2D eigenvalue weighted by Gasteiger charge is -2.11. The van der Waals surface area contributed by atoms with Gasteiger partial charge in [-0.1, -0.05) is 6.07 Å². The number of ether oxygens (including phenoxy) is 1.